The van der Waals surface area contributed by atoms with E-state index in [4.69, 9.17) is 0 Å². The first-order chi connectivity index (χ1) is 8.25. The quantitative estimate of drug-likeness (QED) is 0.783. The highest BCUT2D eigenvalue weighted by Crippen LogP contribution is 2.11. The van der Waals surface area contributed by atoms with E-state index in [1.807, 2.05) is 7.05 Å². The SMILES string of the molecule is CN(CC1CCCNC1)C(=O)Cn1cncn1. The Morgan fingerprint density at radius 2 is 2.53 bits per heavy atom. The summed E-state index contributed by atoms with van der Waals surface area (Å²) in [5.41, 5.74) is 0. The van der Waals surface area contributed by atoms with E-state index in [2.05, 4.69) is 15.4 Å². The fraction of sp³-hybridized carbons (Fsp3) is 0.727. The van der Waals surface area contributed by atoms with E-state index in [9.17, 15) is 4.79 Å². The fourth-order valence-corrected chi connectivity index (χ4v) is 2.14. The van der Waals surface area contributed by atoms with Gasteiger partial charge in [0.1, 0.15) is 19.2 Å². The number of nitrogens with zero attached hydrogens (tertiary/aromatic N) is 4. The van der Waals surface area contributed by atoms with Gasteiger partial charge in [0.05, 0.1) is 0 Å². The van der Waals surface area contributed by atoms with E-state index in [-0.39, 0.29) is 12.5 Å². The van der Waals surface area contributed by atoms with Crippen LogP contribution in [0.3, 0.4) is 0 Å². The third kappa shape index (κ3) is 3.52. The van der Waals surface area contributed by atoms with Gasteiger partial charge in [0, 0.05) is 13.6 Å². The highest BCUT2D eigenvalue weighted by molar-refractivity contribution is 5.75. The van der Waals surface area contributed by atoms with Crippen LogP contribution in [0.4, 0.5) is 0 Å². The Kier molecular flexibility index (Phi) is 4.08. The summed E-state index contributed by atoms with van der Waals surface area (Å²) in [6.07, 6.45) is 5.41. The molecule has 1 aliphatic rings. The van der Waals surface area contributed by atoms with Gasteiger partial charge < -0.3 is 10.2 Å². The van der Waals surface area contributed by atoms with Crippen molar-refractivity contribution in [3.63, 3.8) is 0 Å². The summed E-state index contributed by atoms with van der Waals surface area (Å²) in [6.45, 7) is 3.21. The van der Waals surface area contributed by atoms with Gasteiger partial charge in [-0.25, -0.2) is 9.67 Å². The molecule has 1 aromatic heterocycles. The summed E-state index contributed by atoms with van der Waals surface area (Å²) in [5.74, 6) is 0.662. The highest BCUT2D eigenvalue weighted by Gasteiger charge is 2.18. The lowest BCUT2D eigenvalue weighted by molar-refractivity contribution is -0.131. The second-order valence-electron chi connectivity index (χ2n) is 4.58. The van der Waals surface area contributed by atoms with Gasteiger partial charge in [-0.1, -0.05) is 0 Å². The average molecular weight is 237 g/mol. The lowest BCUT2D eigenvalue weighted by Crippen LogP contribution is -2.40. The number of likely N-dealkylation sites (N-methyl/N-ethyl adjacent to an activating group) is 1. The lowest BCUT2D eigenvalue weighted by Gasteiger charge is -2.27. The van der Waals surface area contributed by atoms with Crippen molar-refractivity contribution in [2.75, 3.05) is 26.7 Å². The Balaban J connectivity index is 1.78. The summed E-state index contributed by atoms with van der Waals surface area (Å²) in [6, 6.07) is 0. The molecule has 2 rings (SSSR count). The molecule has 0 spiro atoms. The van der Waals surface area contributed by atoms with Crippen molar-refractivity contribution in [1.29, 1.82) is 0 Å². The van der Waals surface area contributed by atoms with Crippen LogP contribution in [0.1, 0.15) is 12.8 Å². The van der Waals surface area contributed by atoms with Crippen molar-refractivity contribution >= 4 is 5.91 Å². The molecule has 2 heterocycles. The average Bonchev–Trinajstić information content (AvgIpc) is 2.83. The maximum atomic E-state index is 11.9. The number of aromatic nitrogens is 3. The predicted molar refractivity (Wildman–Crippen MR) is 63.3 cm³/mol. The van der Waals surface area contributed by atoms with E-state index in [0.717, 1.165) is 19.6 Å². The van der Waals surface area contributed by atoms with E-state index in [0.29, 0.717) is 5.92 Å². The van der Waals surface area contributed by atoms with Crippen LogP contribution in [0.25, 0.3) is 0 Å². The second-order valence-corrected chi connectivity index (χ2v) is 4.58. The number of hydrogen-bond acceptors (Lipinski definition) is 4. The second kappa shape index (κ2) is 5.77. The molecule has 1 N–H and O–H groups in total. The molecule has 1 unspecified atom stereocenters. The Morgan fingerprint density at radius 1 is 1.65 bits per heavy atom. The van der Waals surface area contributed by atoms with Crippen LogP contribution in [0.15, 0.2) is 12.7 Å². The van der Waals surface area contributed by atoms with Gasteiger partial charge in [-0.05, 0) is 31.8 Å². The smallest absolute Gasteiger partial charge is 0.244 e. The topological polar surface area (TPSA) is 63.1 Å². The number of nitrogens with one attached hydrogen (secondary N) is 1. The van der Waals surface area contributed by atoms with Crippen LogP contribution in [0, 0.1) is 5.92 Å². The van der Waals surface area contributed by atoms with Crippen LogP contribution in [-0.2, 0) is 11.3 Å². The minimum Gasteiger partial charge on any atom is -0.344 e. The molecule has 1 atom stereocenters. The zero-order valence-corrected chi connectivity index (χ0v) is 10.2. The van der Waals surface area contributed by atoms with Gasteiger partial charge >= 0.3 is 0 Å². The van der Waals surface area contributed by atoms with Crippen LogP contribution < -0.4 is 5.32 Å². The molecule has 6 heteroatoms. The van der Waals surface area contributed by atoms with Gasteiger partial charge in [0.15, 0.2) is 0 Å². The zero-order chi connectivity index (χ0) is 12.1. The van der Waals surface area contributed by atoms with Crippen molar-refractivity contribution in [3.05, 3.63) is 12.7 Å². The minimum absolute atomic E-state index is 0.0843. The largest absolute Gasteiger partial charge is 0.344 e. The zero-order valence-electron chi connectivity index (χ0n) is 10.2. The van der Waals surface area contributed by atoms with Crippen molar-refractivity contribution in [1.82, 2.24) is 25.0 Å². The minimum atomic E-state index is 0.0843. The van der Waals surface area contributed by atoms with Gasteiger partial charge in [0.2, 0.25) is 5.91 Å². The summed E-state index contributed by atoms with van der Waals surface area (Å²) in [4.78, 5) is 17.5. The standard InChI is InChI=1S/C11H19N5O/c1-15(6-10-3-2-4-12-5-10)11(17)7-16-9-13-8-14-16/h8-10,12H,2-7H2,1H3. The number of carbonyl (C=O) groups excluding carboxylic acids is 1. The van der Waals surface area contributed by atoms with Crippen molar-refractivity contribution < 1.29 is 4.79 Å². The Morgan fingerprint density at radius 3 is 3.18 bits per heavy atom. The van der Waals surface area contributed by atoms with Crippen molar-refractivity contribution in [3.8, 4) is 0 Å². The number of amides is 1. The van der Waals surface area contributed by atoms with E-state index in [1.54, 1.807) is 15.9 Å². The fourth-order valence-electron chi connectivity index (χ4n) is 2.14. The van der Waals surface area contributed by atoms with Gasteiger partial charge in [-0.2, -0.15) is 5.10 Å². The first-order valence-electron chi connectivity index (χ1n) is 6.03. The third-order valence-electron chi connectivity index (χ3n) is 3.12. The monoisotopic (exact) mass is 237 g/mol. The van der Waals surface area contributed by atoms with Gasteiger partial charge in [-0.3, -0.25) is 4.79 Å². The molecular weight excluding hydrogens is 218 g/mol. The molecule has 0 radical (unpaired) electrons. The molecule has 0 saturated carbocycles. The van der Waals surface area contributed by atoms with Crippen LogP contribution >= 0.6 is 0 Å². The molecule has 1 fully saturated rings. The Hall–Kier alpha value is -1.43. The summed E-state index contributed by atoms with van der Waals surface area (Å²) in [5, 5.41) is 7.29. The molecule has 6 nitrogen and oxygen atoms in total. The summed E-state index contributed by atoms with van der Waals surface area (Å²) in [7, 11) is 1.86. The number of rotatable bonds is 4. The van der Waals surface area contributed by atoms with Gasteiger partial charge in [-0.15, -0.1) is 0 Å². The number of hydrogen-bond donors (Lipinski definition) is 1. The highest BCUT2D eigenvalue weighted by atomic mass is 16.2. The van der Waals surface area contributed by atoms with E-state index in [1.165, 1.54) is 19.2 Å². The first-order valence-corrected chi connectivity index (χ1v) is 6.03. The Bertz CT molecular complexity index is 345. The molecule has 0 aliphatic carbocycles. The first kappa shape index (κ1) is 12.0. The normalized spacial score (nSPS) is 20.2. The number of piperidine rings is 1. The van der Waals surface area contributed by atoms with Crippen molar-refractivity contribution in [2.24, 2.45) is 5.92 Å². The molecule has 1 aromatic rings. The van der Waals surface area contributed by atoms with E-state index >= 15 is 0 Å². The molecule has 1 saturated heterocycles. The van der Waals surface area contributed by atoms with Crippen LogP contribution in [0.5, 0.6) is 0 Å². The van der Waals surface area contributed by atoms with E-state index < -0.39 is 0 Å². The Labute approximate surface area is 101 Å². The molecule has 1 aliphatic heterocycles. The van der Waals surface area contributed by atoms with Gasteiger partial charge in [0.25, 0.3) is 0 Å². The molecule has 1 amide bonds. The molecular formula is C11H19N5O. The number of carbonyl (C=O) groups is 1. The maximum Gasteiger partial charge on any atom is 0.244 e. The molecule has 0 bridgehead atoms. The summed E-state index contributed by atoms with van der Waals surface area (Å²) >= 11 is 0. The predicted octanol–water partition coefficient (Wildman–Crippen LogP) is -0.264. The van der Waals surface area contributed by atoms with Crippen LogP contribution in [-0.4, -0.2) is 52.3 Å². The molecule has 17 heavy (non-hydrogen) atoms. The maximum absolute atomic E-state index is 11.9. The molecule has 94 valence electrons. The summed E-state index contributed by atoms with van der Waals surface area (Å²) < 4.78 is 1.55. The lowest BCUT2D eigenvalue weighted by atomic mass is 9.99. The third-order valence-corrected chi connectivity index (χ3v) is 3.12. The van der Waals surface area contributed by atoms with Crippen LogP contribution in [0.2, 0.25) is 0 Å². The molecule has 0 aromatic carbocycles. The van der Waals surface area contributed by atoms with Crippen molar-refractivity contribution in [2.45, 2.75) is 19.4 Å².